The van der Waals surface area contributed by atoms with Crippen molar-refractivity contribution < 1.29 is 9.59 Å². The molecule has 4 rings (SSSR count). The molecule has 1 amide bonds. The number of ketones is 1. The Balaban J connectivity index is 0.000000631. The molecule has 3 aromatic rings. The number of allylic oxidation sites excluding steroid dienone is 3. The number of aromatic amines is 1. The van der Waals surface area contributed by atoms with Crippen LogP contribution in [0.4, 0.5) is 5.69 Å². The number of aromatic nitrogens is 3. The lowest BCUT2D eigenvalue weighted by Gasteiger charge is -2.16. The van der Waals surface area contributed by atoms with Crippen LogP contribution in [0.15, 0.2) is 48.3 Å². The molecule has 2 heterocycles. The molecule has 0 bridgehead atoms. The number of carbonyl (C=O) groups excluding carboxylic acids is 2. The molecule has 4 N–H and O–H groups in total. The molecule has 0 fully saturated rings. The number of nitrogens with two attached hydrogens (primary N) is 1. The predicted molar refractivity (Wildman–Crippen MR) is 161 cm³/mol. The van der Waals surface area contributed by atoms with Crippen LogP contribution in [0.1, 0.15) is 94.4 Å². The fourth-order valence-electron chi connectivity index (χ4n) is 4.22. The Kier molecular flexibility index (Phi) is 10.4. The molecule has 0 saturated heterocycles. The third-order valence-corrected chi connectivity index (χ3v) is 6.72. The summed E-state index contributed by atoms with van der Waals surface area (Å²) in [6.07, 6.45) is 13.5. The number of hydrogen-bond acceptors (Lipinski definition) is 5. The Morgan fingerprint density at radius 3 is 2.44 bits per heavy atom. The summed E-state index contributed by atoms with van der Waals surface area (Å²) < 4.78 is 0. The van der Waals surface area contributed by atoms with Gasteiger partial charge in [-0.15, -0.1) is 0 Å². The van der Waals surface area contributed by atoms with E-state index < -0.39 is 0 Å². The van der Waals surface area contributed by atoms with E-state index in [1.807, 2.05) is 25.1 Å². The van der Waals surface area contributed by atoms with Gasteiger partial charge in [0, 0.05) is 17.5 Å². The van der Waals surface area contributed by atoms with Crippen LogP contribution in [0.2, 0.25) is 0 Å². The van der Waals surface area contributed by atoms with Crippen LogP contribution in [-0.2, 0) is 17.6 Å². The second kappa shape index (κ2) is 13.5. The van der Waals surface area contributed by atoms with E-state index in [0.717, 1.165) is 43.5 Å². The maximum absolute atomic E-state index is 12.8. The number of hydrogen-bond donors (Lipinski definition) is 3. The molecule has 208 valence electrons. The molecule has 0 aliphatic heterocycles. The Bertz CT molecular complexity index is 1370. The smallest absolute Gasteiger partial charge is 0.251 e. The number of carbonyl (C=O) groups is 2. The van der Waals surface area contributed by atoms with E-state index in [0.29, 0.717) is 33.4 Å². The summed E-state index contributed by atoms with van der Waals surface area (Å²) in [4.78, 5) is 36.8. The predicted octanol–water partition coefficient (Wildman–Crippen LogP) is 6.80. The third kappa shape index (κ3) is 8.45. The first kappa shape index (κ1) is 30.0. The molecular formula is C32H43N5O2. The van der Waals surface area contributed by atoms with Gasteiger partial charge in [0.05, 0.1) is 17.5 Å². The van der Waals surface area contributed by atoms with Gasteiger partial charge in [-0.3, -0.25) is 9.59 Å². The number of anilines is 1. The molecule has 0 spiro atoms. The minimum atomic E-state index is -0.121. The summed E-state index contributed by atoms with van der Waals surface area (Å²) in [6.45, 7) is 12.5. The number of amides is 1. The van der Waals surface area contributed by atoms with Crippen LogP contribution in [0.25, 0.3) is 16.7 Å². The number of rotatable bonds is 7. The molecule has 7 heteroatoms. The molecule has 39 heavy (non-hydrogen) atoms. The van der Waals surface area contributed by atoms with Crippen LogP contribution in [0.5, 0.6) is 0 Å². The summed E-state index contributed by atoms with van der Waals surface area (Å²) in [5.41, 5.74) is 13.2. The number of Topliss-reactive ketones (excluding diaryl/α,β-unsaturated/α-hetero) is 1. The summed E-state index contributed by atoms with van der Waals surface area (Å²) in [5, 5.41) is 3.02. The summed E-state index contributed by atoms with van der Waals surface area (Å²) in [6, 6.07) is 6.22. The van der Waals surface area contributed by atoms with Crippen molar-refractivity contribution in [1.82, 2.24) is 15.0 Å². The summed E-state index contributed by atoms with van der Waals surface area (Å²) in [5.74, 6) is -0.174. The topological polar surface area (TPSA) is 114 Å². The van der Waals surface area contributed by atoms with Crippen molar-refractivity contribution in [2.24, 2.45) is 11.1 Å². The molecule has 1 aliphatic rings. The molecule has 7 nitrogen and oxygen atoms in total. The second-order valence-corrected chi connectivity index (χ2v) is 11.4. The highest BCUT2D eigenvalue weighted by Gasteiger charge is 2.14. The van der Waals surface area contributed by atoms with Gasteiger partial charge < -0.3 is 16.0 Å². The van der Waals surface area contributed by atoms with Crippen molar-refractivity contribution in [3.63, 3.8) is 0 Å². The number of fused-ring (bicyclic) bond motifs is 2. The van der Waals surface area contributed by atoms with E-state index in [9.17, 15) is 9.59 Å². The van der Waals surface area contributed by atoms with Gasteiger partial charge in [-0.25, -0.2) is 9.97 Å². The fourth-order valence-corrected chi connectivity index (χ4v) is 4.22. The van der Waals surface area contributed by atoms with Crippen molar-refractivity contribution in [1.29, 1.82) is 0 Å². The first-order chi connectivity index (χ1) is 18.5. The standard InChI is InChI=1S/C27H30N4O2.C5H13N/c1-4-7-20(24-16-29-26-25(31-24)23(15-28-26)18(3)32)11-10-17(2)27(33)30-22-13-12-19-8-5-6-9-21(19)14-22;1-5(2,3)4-6/h10-16H,4-9H2,1-3H3,(H,28,29)(H,30,33);4,6H2,1-3H3/b17-10+,20-11+;. The quantitative estimate of drug-likeness (QED) is 0.177. The number of benzene rings is 1. The van der Waals surface area contributed by atoms with Crippen LogP contribution in [0.3, 0.4) is 0 Å². The van der Waals surface area contributed by atoms with E-state index >= 15 is 0 Å². The average Bonchev–Trinajstić information content (AvgIpc) is 3.34. The maximum Gasteiger partial charge on any atom is 0.251 e. The normalized spacial score (nSPS) is 13.9. The lowest BCUT2D eigenvalue weighted by molar-refractivity contribution is -0.112. The van der Waals surface area contributed by atoms with Gasteiger partial charge in [0.15, 0.2) is 11.4 Å². The Hall–Kier alpha value is -3.58. The number of nitrogens with one attached hydrogen (secondary N) is 2. The van der Waals surface area contributed by atoms with E-state index in [4.69, 9.17) is 10.7 Å². The summed E-state index contributed by atoms with van der Waals surface area (Å²) in [7, 11) is 0. The lowest BCUT2D eigenvalue weighted by Crippen LogP contribution is -2.18. The monoisotopic (exact) mass is 529 g/mol. The molecule has 1 aromatic carbocycles. The minimum absolute atomic E-state index is 0.0525. The first-order valence-corrected chi connectivity index (χ1v) is 13.9. The van der Waals surface area contributed by atoms with Gasteiger partial charge in [-0.05, 0) is 86.7 Å². The van der Waals surface area contributed by atoms with Crippen molar-refractivity contribution in [3.8, 4) is 0 Å². The number of nitrogens with zero attached hydrogens (tertiary/aromatic N) is 2. The van der Waals surface area contributed by atoms with Crippen LogP contribution < -0.4 is 11.1 Å². The van der Waals surface area contributed by atoms with Crippen molar-refractivity contribution in [2.45, 2.75) is 80.1 Å². The SMILES string of the molecule is CC(C)(C)CN.CCC/C(=C\C=C(/C)C(=O)Nc1ccc2c(c1)CCCC2)c1cnc2[nH]cc(C(C)=O)c2n1. The Morgan fingerprint density at radius 1 is 1.10 bits per heavy atom. The highest BCUT2D eigenvalue weighted by Crippen LogP contribution is 2.25. The molecular weight excluding hydrogens is 486 g/mol. The molecule has 0 atom stereocenters. The Labute approximate surface area is 232 Å². The third-order valence-electron chi connectivity index (χ3n) is 6.72. The van der Waals surface area contributed by atoms with E-state index in [1.165, 1.54) is 30.9 Å². The van der Waals surface area contributed by atoms with Crippen LogP contribution >= 0.6 is 0 Å². The highest BCUT2D eigenvalue weighted by atomic mass is 16.1. The van der Waals surface area contributed by atoms with Crippen LogP contribution in [0, 0.1) is 5.41 Å². The van der Waals surface area contributed by atoms with Crippen molar-refractivity contribution >= 4 is 34.1 Å². The van der Waals surface area contributed by atoms with Gasteiger partial charge in [-0.2, -0.15) is 0 Å². The zero-order valence-electron chi connectivity index (χ0n) is 24.3. The molecule has 0 radical (unpaired) electrons. The lowest BCUT2D eigenvalue weighted by atomic mass is 9.91. The molecule has 1 aliphatic carbocycles. The molecule has 2 aromatic heterocycles. The highest BCUT2D eigenvalue weighted by molar-refractivity contribution is 6.05. The minimum Gasteiger partial charge on any atom is -0.344 e. The summed E-state index contributed by atoms with van der Waals surface area (Å²) >= 11 is 0. The van der Waals surface area contributed by atoms with Crippen molar-refractivity contribution in [2.75, 3.05) is 11.9 Å². The fraction of sp³-hybridized carbons (Fsp3) is 0.438. The van der Waals surface area contributed by atoms with Gasteiger partial charge >= 0.3 is 0 Å². The zero-order chi connectivity index (χ0) is 28.6. The average molecular weight is 530 g/mol. The largest absolute Gasteiger partial charge is 0.344 e. The molecule has 0 saturated carbocycles. The zero-order valence-corrected chi connectivity index (χ0v) is 24.3. The van der Waals surface area contributed by atoms with Gasteiger partial charge in [-0.1, -0.05) is 52.3 Å². The van der Waals surface area contributed by atoms with E-state index in [-0.39, 0.29) is 11.7 Å². The number of aryl methyl sites for hydroxylation is 2. The van der Waals surface area contributed by atoms with Crippen LogP contribution in [-0.4, -0.2) is 33.2 Å². The maximum atomic E-state index is 12.8. The second-order valence-electron chi connectivity index (χ2n) is 11.4. The van der Waals surface area contributed by atoms with E-state index in [2.05, 4.69) is 55.1 Å². The first-order valence-electron chi connectivity index (χ1n) is 13.9. The molecule has 0 unspecified atom stereocenters. The van der Waals surface area contributed by atoms with E-state index in [1.54, 1.807) is 12.4 Å². The van der Waals surface area contributed by atoms with Gasteiger partial charge in [0.25, 0.3) is 5.91 Å². The van der Waals surface area contributed by atoms with Gasteiger partial charge in [0.2, 0.25) is 0 Å². The number of H-pyrrole nitrogens is 1. The Morgan fingerprint density at radius 2 is 1.79 bits per heavy atom. The van der Waals surface area contributed by atoms with Crippen molar-refractivity contribution in [3.05, 3.63) is 70.7 Å². The van der Waals surface area contributed by atoms with Gasteiger partial charge in [0.1, 0.15) is 5.52 Å².